The molecule has 1 unspecified atom stereocenters. The first kappa shape index (κ1) is 15.1. The van der Waals surface area contributed by atoms with Gasteiger partial charge in [0.05, 0.1) is 0 Å². The first-order valence-corrected chi connectivity index (χ1v) is 6.74. The van der Waals surface area contributed by atoms with E-state index in [4.69, 9.17) is 15.3 Å². The Bertz CT molecular complexity index is 734. The molecule has 0 radical (unpaired) electrons. The number of phenolic OH excluding ortho intramolecular Hbond substituents is 2. The van der Waals surface area contributed by atoms with Crippen LogP contribution in [0.3, 0.4) is 0 Å². The van der Waals surface area contributed by atoms with Crippen molar-refractivity contribution in [2.45, 2.75) is 6.10 Å². The Labute approximate surface area is 124 Å². The van der Waals surface area contributed by atoms with Crippen LogP contribution in [0.5, 0.6) is 11.5 Å². The van der Waals surface area contributed by atoms with Gasteiger partial charge in [0.25, 0.3) is 0 Å². The number of allylic oxidation sites excluding steroid dienone is 1. The summed E-state index contributed by atoms with van der Waals surface area (Å²) in [5.74, 6) is 0.0344. The van der Waals surface area contributed by atoms with E-state index in [0.717, 1.165) is 5.39 Å². The predicted octanol–water partition coefficient (Wildman–Crippen LogP) is 2.93. The van der Waals surface area contributed by atoms with Gasteiger partial charge in [0.2, 0.25) is 0 Å². The van der Waals surface area contributed by atoms with Crippen LogP contribution in [0.1, 0.15) is 0 Å². The van der Waals surface area contributed by atoms with Crippen LogP contribution in [0.4, 0.5) is 0 Å². The van der Waals surface area contributed by atoms with Crippen molar-refractivity contribution in [1.82, 2.24) is 0 Å². The van der Waals surface area contributed by atoms with Gasteiger partial charge in [-0.25, -0.2) is 0 Å². The molecule has 4 N–H and O–H groups in total. The summed E-state index contributed by atoms with van der Waals surface area (Å²) in [4.78, 5) is 0. The number of hydrogen-bond donors (Lipinski definition) is 4. The summed E-state index contributed by atoms with van der Waals surface area (Å²) in [6.07, 6.45) is 3.81. The lowest BCUT2D eigenvalue weighted by molar-refractivity contribution is 0.289. The molecule has 2 aromatic rings. The fraction of sp³-hybridized carbons (Fsp3) is 0.0625. The van der Waals surface area contributed by atoms with Gasteiger partial charge in [-0.2, -0.15) is 0 Å². The van der Waals surface area contributed by atoms with E-state index in [1.807, 2.05) is 18.2 Å². The van der Waals surface area contributed by atoms with E-state index in [2.05, 4.69) is 8.86 Å². The highest BCUT2D eigenvalue weighted by Crippen LogP contribution is 2.32. The molecule has 1 aliphatic carbocycles. The van der Waals surface area contributed by atoms with Crippen molar-refractivity contribution >= 4 is 24.9 Å². The van der Waals surface area contributed by atoms with Gasteiger partial charge in [-0.15, -0.1) is 8.86 Å². The summed E-state index contributed by atoms with van der Waals surface area (Å²) in [5.41, 5.74) is 0. The van der Waals surface area contributed by atoms with Crippen molar-refractivity contribution in [3.05, 3.63) is 60.4 Å². The number of fused-ring (bicyclic) bond motifs is 1. The van der Waals surface area contributed by atoms with Crippen molar-refractivity contribution in [1.29, 1.82) is 0 Å². The van der Waals surface area contributed by atoms with Crippen LogP contribution >= 0.6 is 8.86 Å². The molecule has 1 aliphatic rings. The third-order valence-corrected chi connectivity index (χ3v) is 3.39. The van der Waals surface area contributed by atoms with Gasteiger partial charge in [0.1, 0.15) is 11.9 Å². The Morgan fingerprint density at radius 3 is 2.33 bits per heavy atom. The number of phenols is 2. The van der Waals surface area contributed by atoms with E-state index in [-0.39, 0.29) is 17.3 Å². The largest absolute Gasteiger partial charge is 0.508 e. The van der Waals surface area contributed by atoms with E-state index in [9.17, 15) is 5.11 Å². The SMILES string of the molecule is OC1=CC(=P)C(O)C=C1.Oc1ccc2ccccc2c1O. The molecule has 108 valence electrons. The standard InChI is InChI=1S/C10H8O2.C6H7O2P/c11-9-6-5-7-3-1-2-4-8(7)10(9)12;7-4-1-2-5(8)6(9)3-4/h1-6,11-12H;1-3,5,7-9H. The molecule has 0 saturated heterocycles. The zero-order valence-electron chi connectivity index (χ0n) is 11.1. The quantitative estimate of drug-likeness (QED) is 0.445. The van der Waals surface area contributed by atoms with Crippen molar-refractivity contribution in [3.8, 4) is 11.5 Å². The molecule has 0 aliphatic heterocycles. The van der Waals surface area contributed by atoms with E-state index < -0.39 is 6.10 Å². The van der Waals surface area contributed by atoms with Crippen LogP contribution in [0.15, 0.2) is 60.4 Å². The summed E-state index contributed by atoms with van der Waals surface area (Å²) >= 11 is 0. The molecule has 21 heavy (non-hydrogen) atoms. The van der Waals surface area contributed by atoms with Crippen LogP contribution in [0.2, 0.25) is 0 Å². The molecule has 0 aromatic heterocycles. The second-order valence-corrected chi connectivity index (χ2v) is 5.06. The third-order valence-electron chi connectivity index (χ3n) is 2.95. The molecule has 0 saturated carbocycles. The number of benzene rings is 2. The maximum atomic E-state index is 9.41. The zero-order chi connectivity index (χ0) is 15.4. The van der Waals surface area contributed by atoms with Crippen LogP contribution in [-0.4, -0.2) is 31.8 Å². The molecule has 4 nitrogen and oxygen atoms in total. The van der Waals surface area contributed by atoms with Gasteiger partial charge in [0, 0.05) is 10.7 Å². The summed E-state index contributed by atoms with van der Waals surface area (Å²) in [5, 5.41) is 38.5. The third kappa shape index (κ3) is 3.63. The highest BCUT2D eigenvalue weighted by molar-refractivity contribution is 7.22. The number of aliphatic hydroxyl groups is 2. The van der Waals surface area contributed by atoms with E-state index in [0.29, 0.717) is 10.7 Å². The number of hydrogen-bond acceptors (Lipinski definition) is 4. The molecule has 2 aromatic carbocycles. The average Bonchev–Trinajstić information content (AvgIpc) is 2.48. The number of aliphatic hydroxyl groups excluding tert-OH is 2. The minimum absolute atomic E-state index is 0.0481. The van der Waals surface area contributed by atoms with Gasteiger partial charge in [-0.05, 0) is 29.7 Å². The predicted molar refractivity (Wildman–Crippen MR) is 86.5 cm³/mol. The summed E-state index contributed by atoms with van der Waals surface area (Å²) in [7, 11) is 3.12. The molecular formula is C16H15O4P. The highest BCUT2D eigenvalue weighted by Gasteiger charge is 2.07. The lowest BCUT2D eigenvalue weighted by Gasteiger charge is -2.08. The van der Waals surface area contributed by atoms with Crippen molar-refractivity contribution < 1.29 is 20.4 Å². The molecule has 0 amide bonds. The van der Waals surface area contributed by atoms with Crippen LogP contribution in [-0.2, 0) is 0 Å². The van der Waals surface area contributed by atoms with Crippen LogP contribution < -0.4 is 0 Å². The number of rotatable bonds is 0. The molecule has 3 rings (SSSR count). The van der Waals surface area contributed by atoms with Gasteiger partial charge < -0.3 is 20.4 Å². The molecule has 0 fully saturated rings. The minimum atomic E-state index is -0.599. The van der Waals surface area contributed by atoms with Crippen LogP contribution in [0.25, 0.3) is 10.8 Å². The number of aromatic hydroxyl groups is 2. The van der Waals surface area contributed by atoms with Gasteiger partial charge in [-0.1, -0.05) is 30.3 Å². The highest BCUT2D eigenvalue weighted by atomic mass is 31.0. The zero-order valence-corrected chi connectivity index (χ0v) is 12.1. The van der Waals surface area contributed by atoms with Crippen molar-refractivity contribution in [3.63, 3.8) is 0 Å². The maximum Gasteiger partial charge on any atom is 0.165 e. The molecule has 0 bridgehead atoms. The Hall–Kier alpha value is -2.29. The Morgan fingerprint density at radius 2 is 1.67 bits per heavy atom. The molecule has 0 heterocycles. The second-order valence-electron chi connectivity index (χ2n) is 4.48. The first-order valence-electron chi connectivity index (χ1n) is 6.24. The molecular weight excluding hydrogens is 287 g/mol. The van der Waals surface area contributed by atoms with E-state index >= 15 is 0 Å². The normalized spacial score (nSPS) is 17.1. The van der Waals surface area contributed by atoms with E-state index in [1.54, 1.807) is 12.1 Å². The topological polar surface area (TPSA) is 80.9 Å². The fourth-order valence-corrected chi connectivity index (χ4v) is 2.07. The molecule has 0 spiro atoms. The van der Waals surface area contributed by atoms with Crippen LogP contribution in [0, 0.1) is 0 Å². The lowest BCUT2D eigenvalue weighted by Crippen LogP contribution is -2.15. The summed E-state index contributed by atoms with van der Waals surface area (Å²) in [6, 6.07) is 10.6. The fourth-order valence-electron chi connectivity index (χ4n) is 1.83. The minimum Gasteiger partial charge on any atom is -0.508 e. The maximum absolute atomic E-state index is 9.41. The average molecular weight is 302 g/mol. The molecule has 1 atom stereocenters. The van der Waals surface area contributed by atoms with Gasteiger partial charge in [-0.3, -0.25) is 0 Å². The Morgan fingerprint density at radius 1 is 0.952 bits per heavy atom. The smallest absolute Gasteiger partial charge is 0.165 e. The summed E-state index contributed by atoms with van der Waals surface area (Å²) in [6.45, 7) is 0. The van der Waals surface area contributed by atoms with Gasteiger partial charge >= 0.3 is 0 Å². The Kier molecular flexibility index (Phi) is 4.63. The Balaban J connectivity index is 0.000000161. The first-order chi connectivity index (χ1) is 9.99. The summed E-state index contributed by atoms with van der Waals surface area (Å²) < 4.78 is 0. The lowest BCUT2D eigenvalue weighted by atomic mass is 10.1. The molecule has 5 heteroatoms. The van der Waals surface area contributed by atoms with E-state index in [1.165, 1.54) is 24.3 Å². The monoisotopic (exact) mass is 302 g/mol. The second kappa shape index (κ2) is 6.44. The van der Waals surface area contributed by atoms with Gasteiger partial charge in [0.15, 0.2) is 11.5 Å². The van der Waals surface area contributed by atoms with Crippen molar-refractivity contribution in [2.24, 2.45) is 0 Å². The van der Waals surface area contributed by atoms with Crippen molar-refractivity contribution in [2.75, 3.05) is 0 Å².